The molecule has 0 atom stereocenters. The van der Waals surface area contributed by atoms with Crippen LogP contribution < -0.4 is 10.1 Å². The van der Waals surface area contributed by atoms with E-state index in [-0.39, 0.29) is 6.09 Å². The number of aryl methyl sites for hydroxylation is 1. The molecule has 1 aliphatic rings. The molecule has 0 spiro atoms. The lowest BCUT2D eigenvalue weighted by molar-refractivity contribution is 0.0270. The third kappa shape index (κ3) is 5.81. The number of pyridine rings is 1. The summed E-state index contributed by atoms with van der Waals surface area (Å²) in [6, 6.07) is 15.3. The Morgan fingerprint density at radius 1 is 1.02 bits per heavy atom. The van der Waals surface area contributed by atoms with E-state index >= 15 is 0 Å². The highest BCUT2D eigenvalue weighted by Gasteiger charge is 2.24. The number of oxazole rings is 1. The van der Waals surface area contributed by atoms with Gasteiger partial charge in [0, 0.05) is 24.8 Å². The largest absolute Gasteiger partial charge is 0.457 e. The summed E-state index contributed by atoms with van der Waals surface area (Å²) in [6.45, 7) is 8.63. The molecule has 0 saturated carbocycles. The highest BCUT2D eigenvalue weighted by Crippen LogP contribution is 2.31. The fraction of sp³-hybridized carbons (Fsp3) is 0.258. The van der Waals surface area contributed by atoms with Crippen molar-refractivity contribution >= 4 is 45.3 Å². The number of rotatable bonds is 5. The van der Waals surface area contributed by atoms with Gasteiger partial charge in [-0.1, -0.05) is 6.08 Å². The number of nitrogens with one attached hydrogen (secondary N) is 1. The topological polar surface area (TPSA) is 116 Å². The number of hydrogen-bond donors (Lipinski definition) is 1. The molecule has 0 fully saturated rings. The van der Waals surface area contributed by atoms with Crippen LogP contribution in [0.15, 0.2) is 71.7 Å². The van der Waals surface area contributed by atoms with Crippen LogP contribution in [0, 0.1) is 6.92 Å². The van der Waals surface area contributed by atoms with Gasteiger partial charge in [0.05, 0.1) is 11.2 Å². The Morgan fingerprint density at radius 2 is 1.90 bits per heavy atom. The Labute approximate surface area is 237 Å². The lowest BCUT2D eigenvalue weighted by Crippen LogP contribution is -2.39. The zero-order chi connectivity index (χ0) is 28.6. The summed E-state index contributed by atoms with van der Waals surface area (Å²) in [6.07, 6.45) is 5.34. The van der Waals surface area contributed by atoms with Gasteiger partial charge in [0.15, 0.2) is 17.8 Å². The van der Waals surface area contributed by atoms with E-state index in [0.29, 0.717) is 42.2 Å². The van der Waals surface area contributed by atoms with Crippen molar-refractivity contribution in [3.8, 4) is 11.5 Å². The number of fused-ring (bicyclic) bond motifs is 2. The van der Waals surface area contributed by atoms with Crippen molar-refractivity contribution in [1.29, 1.82) is 0 Å². The van der Waals surface area contributed by atoms with Crippen LogP contribution in [0.25, 0.3) is 27.7 Å². The van der Waals surface area contributed by atoms with Crippen molar-refractivity contribution in [3.05, 3.63) is 78.6 Å². The van der Waals surface area contributed by atoms with Gasteiger partial charge in [0.2, 0.25) is 0 Å². The van der Waals surface area contributed by atoms with E-state index in [1.165, 1.54) is 12.7 Å². The predicted octanol–water partition coefficient (Wildman–Crippen LogP) is 7.03. The molecule has 208 valence electrons. The van der Waals surface area contributed by atoms with Crippen LogP contribution in [0.1, 0.15) is 38.4 Å². The van der Waals surface area contributed by atoms with E-state index in [2.05, 4.69) is 20.3 Å². The second kappa shape index (κ2) is 10.5. The van der Waals surface area contributed by atoms with Crippen LogP contribution in [0.3, 0.4) is 0 Å². The fourth-order valence-electron chi connectivity index (χ4n) is 4.61. The molecule has 0 saturated heterocycles. The molecule has 2 aromatic carbocycles. The van der Waals surface area contributed by atoms with Gasteiger partial charge >= 0.3 is 6.09 Å². The van der Waals surface area contributed by atoms with Crippen LogP contribution in [0.2, 0.25) is 0 Å². The summed E-state index contributed by atoms with van der Waals surface area (Å²) in [7, 11) is 0. The van der Waals surface area contributed by atoms with Crippen LogP contribution in [0.5, 0.6) is 11.5 Å². The number of ether oxygens (including phenoxy) is 2. The summed E-state index contributed by atoms with van der Waals surface area (Å²) in [5.41, 5.74) is 6.03. The summed E-state index contributed by atoms with van der Waals surface area (Å²) < 4.78 is 16.9. The van der Waals surface area contributed by atoms with Crippen molar-refractivity contribution in [2.75, 3.05) is 18.4 Å². The Balaban J connectivity index is 1.20. The van der Waals surface area contributed by atoms with Gasteiger partial charge in [-0.25, -0.2) is 24.7 Å². The molecule has 4 heterocycles. The summed E-state index contributed by atoms with van der Waals surface area (Å²) in [4.78, 5) is 32.1. The first-order valence-electron chi connectivity index (χ1n) is 13.4. The molecule has 1 amide bonds. The highest BCUT2D eigenvalue weighted by atomic mass is 16.6. The normalized spacial score (nSPS) is 13.8. The Hall–Kier alpha value is -4.99. The number of hydrogen-bond acceptors (Lipinski definition) is 9. The second-order valence-corrected chi connectivity index (χ2v) is 10.9. The number of anilines is 2. The monoisotopic (exact) mass is 550 g/mol. The van der Waals surface area contributed by atoms with Gasteiger partial charge in [-0.05, 0) is 87.7 Å². The molecule has 10 heteroatoms. The average Bonchev–Trinajstić information content (AvgIpc) is 3.42. The van der Waals surface area contributed by atoms with Gasteiger partial charge < -0.3 is 24.1 Å². The van der Waals surface area contributed by atoms with Crippen LogP contribution in [0.4, 0.5) is 16.3 Å². The van der Waals surface area contributed by atoms with Gasteiger partial charge in [-0.3, -0.25) is 0 Å². The van der Waals surface area contributed by atoms with Gasteiger partial charge in [-0.15, -0.1) is 0 Å². The smallest absolute Gasteiger partial charge is 0.410 e. The zero-order valence-electron chi connectivity index (χ0n) is 23.3. The van der Waals surface area contributed by atoms with Gasteiger partial charge in [0.25, 0.3) is 0 Å². The SMILES string of the molecule is Cc1cc(Nc2ncnc3ccc(C4=CCN(C(=O)OC(C)(C)C)CC4)nc23)ccc1Oc1ccc2ocnc2c1. The molecule has 0 bridgehead atoms. The molecule has 6 rings (SSSR count). The summed E-state index contributed by atoms with van der Waals surface area (Å²) >= 11 is 0. The van der Waals surface area contributed by atoms with Gasteiger partial charge in [-0.2, -0.15) is 0 Å². The van der Waals surface area contributed by atoms with Crippen LogP contribution in [-0.2, 0) is 4.74 Å². The maximum Gasteiger partial charge on any atom is 0.410 e. The number of carbonyl (C=O) groups excluding carboxylic acids is 1. The maximum atomic E-state index is 12.4. The minimum absolute atomic E-state index is 0.304. The number of carbonyl (C=O) groups is 1. The summed E-state index contributed by atoms with van der Waals surface area (Å²) in [5.74, 6) is 2.02. The van der Waals surface area contributed by atoms with Crippen molar-refractivity contribution in [2.45, 2.75) is 39.7 Å². The number of nitrogens with zero attached hydrogens (tertiary/aromatic N) is 5. The quantitative estimate of drug-likeness (QED) is 0.246. The van der Waals surface area contributed by atoms with E-state index in [9.17, 15) is 4.79 Å². The van der Waals surface area contributed by atoms with Gasteiger partial charge in [0.1, 0.15) is 34.5 Å². The van der Waals surface area contributed by atoms with E-state index in [4.69, 9.17) is 18.9 Å². The molecule has 3 aromatic heterocycles. The average molecular weight is 551 g/mol. The molecule has 41 heavy (non-hydrogen) atoms. The standard InChI is InChI=1S/C31H30N6O4/c1-19-15-21(5-9-26(19)40-22-6-10-27-25(16-22)34-18-39-27)35-29-28-24(32-17-33-29)8-7-23(36-28)20-11-13-37(14-12-20)30(38)41-31(2,3)4/h5-11,15-18H,12-14H2,1-4H3,(H,32,33,35). The number of aromatic nitrogens is 4. The first kappa shape index (κ1) is 26.2. The number of benzene rings is 2. The van der Waals surface area contributed by atoms with Crippen LogP contribution in [-0.4, -0.2) is 49.6 Å². The third-order valence-corrected chi connectivity index (χ3v) is 6.64. The Bertz CT molecular complexity index is 1790. The third-order valence-electron chi connectivity index (χ3n) is 6.64. The first-order chi connectivity index (χ1) is 19.7. The Kier molecular flexibility index (Phi) is 6.74. The van der Waals surface area contributed by atoms with Crippen molar-refractivity contribution in [3.63, 3.8) is 0 Å². The zero-order valence-corrected chi connectivity index (χ0v) is 23.3. The molecule has 1 N–H and O–H groups in total. The Morgan fingerprint density at radius 3 is 2.68 bits per heavy atom. The van der Waals surface area contributed by atoms with Crippen molar-refractivity contribution in [2.24, 2.45) is 0 Å². The number of amides is 1. The van der Waals surface area contributed by atoms with Crippen molar-refractivity contribution < 1.29 is 18.7 Å². The molecular formula is C31H30N6O4. The molecular weight excluding hydrogens is 520 g/mol. The summed E-state index contributed by atoms with van der Waals surface area (Å²) in [5, 5.41) is 3.39. The predicted molar refractivity (Wildman–Crippen MR) is 156 cm³/mol. The van der Waals surface area contributed by atoms with Crippen LogP contribution >= 0.6 is 0 Å². The molecule has 1 aliphatic heterocycles. The van der Waals surface area contributed by atoms with E-state index in [1.807, 2.05) is 82.3 Å². The maximum absolute atomic E-state index is 12.4. The molecule has 0 aliphatic carbocycles. The fourth-order valence-corrected chi connectivity index (χ4v) is 4.61. The lowest BCUT2D eigenvalue weighted by atomic mass is 10.0. The van der Waals surface area contributed by atoms with E-state index in [1.54, 1.807) is 4.90 Å². The minimum atomic E-state index is -0.524. The molecule has 0 unspecified atom stereocenters. The second-order valence-electron chi connectivity index (χ2n) is 10.9. The first-order valence-corrected chi connectivity index (χ1v) is 13.4. The molecule has 5 aromatic rings. The molecule has 0 radical (unpaired) electrons. The highest BCUT2D eigenvalue weighted by molar-refractivity contribution is 5.88. The molecule has 10 nitrogen and oxygen atoms in total. The minimum Gasteiger partial charge on any atom is -0.457 e. The van der Waals surface area contributed by atoms with E-state index < -0.39 is 5.60 Å². The van der Waals surface area contributed by atoms with Crippen molar-refractivity contribution in [1.82, 2.24) is 24.8 Å². The van der Waals surface area contributed by atoms with E-state index in [0.717, 1.165) is 39.3 Å². The lowest BCUT2D eigenvalue weighted by Gasteiger charge is -2.29.